The van der Waals surface area contributed by atoms with Crippen molar-refractivity contribution in [1.29, 1.82) is 0 Å². The number of benzene rings is 5. The Morgan fingerprint density at radius 2 is 1.35 bits per heavy atom. The van der Waals surface area contributed by atoms with E-state index in [1.807, 2.05) is 6.08 Å². The number of hydrogen-bond donors (Lipinski definition) is 1. The number of nitrogens with one attached hydrogen (secondary N) is 1. The van der Waals surface area contributed by atoms with E-state index in [0.29, 0.717) is 0 Å². The molecule has 5 aromatic rings. The van der Waals surface area contributed by atoms with Crippen molar-refractivity contribution in [3.05, 3.63) is 174 Å². The molecule has 0 heterocycles. The molecule has 1 nitrogen and oxygen atoms in total. The first-order chi connectivity index (χ1) is 18.3. The Morgan fingerprint density at radius 1 is 0.703 bits per heavy atom. The Morgan fingerprint density at radius 3 is 2.03 bits per heavy atom. The van der Waals surface area contributed by atoms with Crippen molar-refractivity contribution < 1.29 is 0 Å². The van der Waals surface area contributed by atoms with Gasteiger partial charge in [0.2, 0.25) is 0 Å². The lowest BCUT2D eigenvalue weighted by Crippen LogP contribution is -2.29. The van der Waals surface area contributed by atoms with E-state index in [1.165, 1.54) is 44.2 Å². The summed E-state index contributed by atoms with van der Waals surface area (Å²) >= 11 is 0. The molecular weight excluding hydrogens is 446 g/mol. The van der Waals surface area contributed by atoms with Gasteiger partial charge in [-0.25, -0.2) is 0 Å². The summed E-state index contributed by atoms with van der Waals surface area (Å²) in [5.74, 6) is 0. The average molecular weight is 476 g/mol. The molecule has 1 aliphatic rings. The third-order valence-corrected chi connectivity index (χ3v) is 7.43. The van der Waals surface area contributed by atoms with Gasteiger partial charge >= 0.3 is 0 Å². The molecule has 0 saturated heterocycles. The molecule has 37 heavy (non-hydrogen) atoms. The van der Waals surface area contributed by atoms with Crippen LogP contribution in [0.4, 0.5) is 11.4 Å². The topological polar surface area (TPSA) is 12.0 Å². The Bertz CT molecular complexity index is 1610. The van der Waals surface area contributed by atoms with Gasteiger partial charge in [0.05, 0.1) is 5.41 Å². The van der Waals surface area contributed by atoms with Gasteiger partial charge in [-0.15, -0.1) is 0 Å². The largest absolute Gasteiger partial charge is 0.355 e. The minimum Gasteiger partial charge on any atom is -0.355 e. The first kappa shape index (κ1) is 22.8. The highest BCUT2D eigenvalue weighted by molar-refractivity contribution is 5.96. The lowest BCUT2D eigenvalue weighted by atomic mass is 9.66. The summed E-state index contributed by atoms with van der Waals surface area (Å²) in [6, 6.07) is 43.4. The molecule has 0 radical (unpaired) electrons. The fraction of sp³-hybridized carbons (Fsp3) is 0.0556. The number of rotatable bonds is 6. The summed E-state index contributed by atoms with van der Waals surface area (Å²) < 4.78 is 0. The van der Waals surface area contributed by atoms with Crippen LogP contribution in [0, 0.1) is 0 Å². The monoisotopic (exact) mass is 475 g/mol. The van der Waals surface area contributed by atoms with Gasteiger partial charge in [-0.1, -0.05) is 128 Å². The Balaban J connectivity index is 1.62. The van der Waals surface area contributed by atoms with E-state index >= 15 is 0 Å². The van der Waals surface area contributed by atoms with Crippen molar-refractivity contribution in [3.8, 4) is 0 Å². The van der Waals surface area contributed by atoms with E-state index < -0.39 is 5.41 Å². The number of fused-ring (bicyclic) bond motifs is 2. The molecule has 1 aliphatic carbocycles. The summed E-state index contributed by atoms with van der Waals surface area (Å²) in [6.45, 7) is 6.33. The molecule has 0 aromatic heterocycles. The second-order valence-electron chi connectivity index (χ2n) is 9.43. The fourth-order valence-electron chi connectivity index (χ4n) is 5.92. The van der Waals surface area contributed by atoms with E-state index in [2.05, 4.69) is 152 Å². The molecule has 1 heteroatoms. The Kier molecular flexibility index (Phi) is 5.82. The highest BCUT2D eigenvalue weighted by Crippen LogP contribution is 2.55. The van der Waals surface area contributed by atoms with Crippen molar-refractivity contribution in [1.82, 2.24) is 0 Å². The lowest BCUT2D eigenvalue weighted by molar-refractivity contribution is 0.761. The molecule has 0 bridgehead atoms. The summed E-state index contributed by atoms with van der Waals surface area (Å²) in [5.41, 5.74) is 9.12. The van der Waals surface area contributed by atoms with Gasteiger partial charge in [0, 0.05) is 16.8 Å². The van der Waals surface area contributed by atoms with Crippen LogP contribution in [0.2, 0.25) is 0 Å². The van der Waals surface area contributed by atoms with Crippen molar-refractivity contribution in [2.75, 3.05) is 5.32 Å². The summed E-state index contributed by atoms with van der Waals surface area (Å²) in [7, 11) is 0. The Labute approximate surface area is 219 Å². The van der Waals surface area contributed by atoms with Gasteiger partial charge < -0.3 is 5.32 Å². The van der Waals surface area contributed by atoms with Crippen molar-refractivity contribution in [2.45, 2.75) is 12.3 Å². The Hall–Kier alpha value is -4.62. The molecule has 0 aliphatic heterocycles. The molecule has 0 atom stereocenters. The first-order valence-corrected chi connectivity index (χ1v) is 12.8. The van der Waals surface area contributed by atoms with Crippen LogP contribution in [0.5, 0.6) is 0 Å². The van der Waals surface area contributed by atoms with E-state index in [-0.39, 0.29) is 0 Å². The number of allylic oxidation sites excluding steroid dienone is 5. The van der Waals surface area contributed by atoms with Crippen LogP contribution < -0.4 is 5.32 Å². The molecule has 0 fully saturated rings. The van der Waals surface area contributed by atoms with Crippen LogP contribution in [0.1, 0.15) is 29.2 Å². The zero-order valence-electron chi connectivity index (χ0n) is 21.0. The van der Waals surface area contributed by atoms with Gasteiger partial charge in [-0.2, -0.15) is 0 Å². The minimum atomic E-state index is -0.454. The summed E-state index contributed by atoms with van der Waals surface area (Å²) in [4.78, 5) is 0. The zero-order valence-corrected chi connectivity index (χ0v) is 21.0. The summed E-state index contributed by atoms with van der Waals surface area (Å²) in [6.07, 6.45) is 6.41. The van der Waals surface area contributed by atoms with Crippen LogP contribution in [-0.2, 0) is 5.41 Å². The van der Waals surface area contributed by atoms with Crippen LogP contribution >= 0.6 is 0 Å². The maximum atomic E-state index is 4.24. The van der Waals surface area contributed by atoms with Crippen molar-refractivity contribution in [2.24, 2.45) is 0 Å². The standard InChI is InChI=1S/C36H29N/c1-3-14-33-30(4-2)32-24-23-29(37-35-22-13-16-26-15-11-12-21-31(26)35)25-34(32)36(33,27-17-7-5-8-18-27)28-19-9-6-10-20-28/h3-25,37H,2H2,1H3/b14-3-. The molecule has 0 unspecified atom stereocenters. The smallest absolute Gasteiger partial charge is 0.0714 e. The number of hydrogen-bond acceptors (Lipinski definition) is 1. The lowest BCUT2D eigenvalue weighted by Gasteiger charge is -2.35. The van der Waals surface area contributed by atoms with Gasteiger partial charge in [0.15, 0.2) is 0 Å². The molecule has 0 amide bonds. The second-order valence-corrected chi connectivity index (χ2v) is 9.43. The summed E-state index contributed by atoms with van der Waals surface area (Å²) in [5, 5.41) is 6.17. The molecule has 1 N–H and O–H groups in total. The maximum Gasteiger partial charge on any atom is 0.0714 e. The van der Waals surface area contributed by atoms with E-state index in [4.69, 9.17) is 0 Å². The SMILES string of the molecule is C=CC1=C(/C=C\C)C(c2ccccc2)(c2ccccc2)c2cc(Nc3cccc4ccccc34)ccc21. The average Bonchev–Trinajstić information content (AvgIpc) is 3.23. The number of anilines is 2. The molecule has 0 saturated carbocycles. The van der Waals surface area contributed by atoms with Gasteiger partial charge in [0.25, 0.3) is 0 Å². The van der Waals surface area contributed by atoms with E-state index in [1.54, 1.807) is 0 Å². The molecular formula is C36H29N. The zero-order chi connectivity index (χ0) is 25.2. The highest BCUT2D eigenvalue weighted by Gasteiger charge is 2.46. The van der Waals surface area contributed by atoms with Crippen LogP contribution in [0.25, 0.3) is 16.3 Å². The predicted molar refractivity (Wildman–Crippen MR) is 158 cm³/mol. The van der Waals surface area contributed by atoms with Crippen molar-refractivity contribution in [3.63, 3.8) is 0 Å². The second kappa shape index (κ2) is 9.44. The van der Waals surface area contributed by atoms with Gasteiger partial charge in [-0.05, 0) is 63.9 Å². The van der Waals surface area contributed by atoms with Crippen molar-refractivity contribution >= 4 is 27.7 Å². The minimum absolute atomic E-state index is 0.454. The molecule has 6 rings (SSSR count). The third-order valence-electron chi connectivity index (χ3n) is 7.43. The van der Waals surface area contributed by atoms with Crippen LogP contribution in [0.3, 0.4) is 0 Å². The molecule has 178 valence electrons. The fourth-order valence-corrected chi connectivity index (χ4v) is 5.92. The van der Waals surface area contributed by atoms with E-state index in [0.717, 1.165) is 11.4 Å². The highest BCUT2D eigenvalue weighted by atomic mass is 14.9. The van der Waals surface area contributed by atoms with Crippen LogP contribution in [-0.4, -0.2) is 0 Å². The quantitative estimate of drug-likeness (QED) is 0.258. The normalized spacial score (nSPS) is 14.2. The molecule has 5 aromatic carbocycles. The first-order valence-electron chi connectivity index (χ1n) is 12.8. The predicted octanol–water partition coefficient (Wildman–Crippen LogP) is 9.45. The maximum absolute atomic E-state index is 4.24. The molecule has 0 spiro atoms. The van der Waals surface area contributed by atoms with E-state index in [9.17, 15) is 0 Å². The van der Waals surface area contributed by atoms with Gasteiger partial charge in [-0.3, -0.25) is 0 Å². The van der Waals surface area contributed by atoms with Crippen LogP contribution in [0.15, 0.2) is 152 Å². The van der Waals surface area contributed by atoms with Gasteiger partial charge in [0.1, 0.15) is 0 Å². The third kappa shape index (κ3) is 3.63.